The number of rotatable bonds is 10. The maximum atomic E-state index is 12.9. The highest BCUT2D eigenvalue weighted by atomic mass is 32.1. The lowest BCUT2D eigenvalue weighted by molar-refractivity contribution is -0.145. The number of nitrogens with two attached hydrogens (primary N) is 1. The van der Waals surface area contributed by atoms with Crippen molar-refractivity contribution < 1.29 is 29.4 Å². The van der Waals surface area contributed by atoms with Gasteiger partial charge in [-0.25, -0.2) is 9.78 Å². The number of H-pyrrole nitrogens is 1. The van der Waals surface area contributed by atoms with Crippen LogP contribution in [0.1, 0.15) is 25.5 Å². The van der Waals surface area contributed by atoms with Crippen LogP contribution >= 0.6 is 12.6 Å². The minimum atomic E-state index is -1.55. The molecule has 2 heterocycles. The number of nitrogens with zero attached hydrogens (tertiary/aromatic N) is 2. The van der Waals surface area contributed by atoms with Gasteiger partial charge < -0.3 is 36.5 Å². The molecule has 5 unspecified atom stereocenters. The van der Waals surface area contributed by atoms with E-state index in [4.69, 9.17) is 5.73 Å². The Morgan fingerprint density at radius 1 is 1.39 bits per heavy atom. The molecular formula is C18H28N6O6S. The number of thiol groups is 1. The average Bonchev–Trinajstić information content (AvgIpc) is 3.41. The molecule has 31 heavy (non-hydrogen) atoms. The van der Waals surface area contributed by atoms with E-state index in [-0.39, 0.29) is 12.2 Å². The van der Waals surface area contributed by atoms with Crippen LogP contribution in [0.3, 0.4) is 0 Å². The fourth-order valence-corrected chi connectivity index (χ4v) is 3.49. The van der Waals surface area contributed by atoms with Gasteiger partial charge in [0.2, 0.25) is 17.7 Å². The van der Waals surface area contributed by atoms with Crippen LogP contribution < -0.4 is 16.4 Å². The number of carboxylic acids is 1. The normalized spacial score (nSPS) is 19.9. The fraction of sp³-hybridized carbons (Fsp3) is 0.611. The Morgan fingerprint density at radius 2 is 2.10 bits per heavy atom. The number of aliphatic hydroxyl groups is 1. The number of hydrogen-bond donors (Lipinski definition) is 7. The second kappa shape index (κ2) is 11.1. The van der Waals surface area contributed by atoms with Crippen molar-refractivity contribution in [1.82, 2.24) is 25.5 Å². The first-order chi connectivity index (χ1) is 14.6. The van der Waals surface area contributed by atoms with E-state index in [0.717, 1.165) is 0 Å². The van der Waals surface area contributed by atoms with E-state index in [1.807, 2.05) is 0 Å². The zero-order valence-electron chi connectivity index (χ0n) is 17.0. The number of amides is 3. The van der Waals surface area contributed by atoms with Crippen LogP contribution in [-0.2, 0) is 25.6 Å². The quantitative estimate of drug-likeness (QED) is 0.190. The first kappa shape index (κ1) is 24.6. The van der Waals surface area contributed by atoms with Crippen molar-refractivity contribution >= 4 is 36.3 Å². The molecule has 1 aliphatic rings. The van der Waals surface area contributed by atoms with Crippen molar-refractivity contribution in [2.24, 2.45) is 5.73 Å². The summed E-state index contributed by atoms with van der Waals surface area (Å²) < 4.78 is 0. The third-order valence-corrected chi connectivity index (χ3v) is 5.40. The van der Waals surface area contributed by atoms with Gasteiger partial charge in [-0.15, -0.1) is 0 Å². The lowest BCUT2D eigenvalue weighted by Gasteiger charge is -2.28. The summed E-state index contributed by atoms with van der Waals surface area (Å²) in [5, 5.41) is 23.7. The summed E-state index contributed by atoms with van der Waals surface area (Å²) in [6.07, 6.45) is 2.52. The lowest BCUT2D eigenvalue weighted by atomic mass is 10.1. The number of hydrogen-bond acceptors (Lipinski definition) is 8. The first-order valence-corrected chi connectivity index (χ1v) is 10.4. The smallest absolute Gasteiger partial charge is 0.328 e. The zero-order valence-corrected chi connectivity index (χ0v) is 17.9. The number of nitrogens with one attached hydrogen (secondary N) is 3. The molecule has 1 aliphatic heterocycles. The van der Waals surface area contributed by atoms with Gasteiger partial charge in [0.15, 0.2) is 6.04 Å². The molecule has 0 aliphatic carbocycles. The highest BCUT2D eigenvalue weighted by Crippen LogP contribution is 2.19. The third kappa shape index (κ3) is 6.42. The molecule has 13 heteroatoms. The van der Waals surface area contributed by atoms with Gasteiger partial charge in [0.05, 0.1) is 18.5 Å². The van der Waals surface area contributed by atoms with E-state index < -0.39 is 54.0 Å². The Morgan fingerprint density at radius 3 is 2.65 bits per heavy atom. The molecule has 1 fully saturated rings. The number of imidazole rings is 1. The van der Waals surface area contributed by atoms with Crippen LogP contribution in [0.4, 0.5) is 0 Å². The number of aliphatic hydroxyl groups excluding tert-OH is 1. The van der Waals surface area contributed by atoms with Crippen molar-refractivity contribution in [3.8, 4) is 0 Å². The Balaban J connectivity index is 2.16. The van der Waals surface area contributed by atoms with Gasteiger partial charge in [-0.2, -0.15) is 12.6 Å². The molecule has 12 nitrogen and oxygen atoms in total. The topological polar surface area (TPSA) is 191 Å². The molecule has 0 radical (unpaired) electrons. The van der Waals surface area contributed by atoms with Crippen molar-refractivity contribution in [3.63, 3.8) is 0 Å². The molecule has 1 saturated heterocycles. The van der Waals surface area contributed by atoms with Crippen molar-refractivity contribution in [2.45, 2.75) is 56.5 Å². The van der Waals surface area contributed by atoms with E-state index >= 15 is 0 Å². The molecule has 3 amide bonds. The Kier molecular flexibility index (Phi) is 8.83. The largest absolute Gasteiger partial charge is 0.480 e. The molecule has 0 saturated carbocycles. The standard InChI is InChI=1S/C18H28N6O6S/c1-9(25)14(18(29)30)23-15(26)12(5-10-6-20-8-21-10)22-16(27)13-3-2-4-24(13)17(28)11(19)7-31/h6,8-9,11-14,25,31H,2-5,7,19H2,1H3,(H,20,21)(H,22,27)(H,23,26)(H,29,30). The summed E-state index contributed by atoms with van der Waals surface area (Å²) in [4.78, 5) is 57.5. The SMILES string of the molecule is CC(O)C(NC(=O)C(Cc1cnc[nH]1)NC(=O)C1CCCN1C(=O)C(N)CS)C(=O)O. The molecule has 172 valence electrons. The summed E-state index contributed by atoms with van der Waals surface area (Å²) in [5.74, 6) is -3.03. The van der Waals surface area contributed by atoms with E-state index in [1.54, 1.807) is 0 Å². The number of carboxylic acid groups (broad SMARTS) is 1. The van der Waals surface area contributed by atoms with Gasteiger partial charge in [-0.05, 0) is 19.8 Å². The van der Waals surface area contributed by atoms with E-state index in [9.17, 15) is 29.4 Å². The Labute approximate surface area is 184 Å². The van der Waals surface area contributed by atoms with E-state index in [0.29, 0.717) is 25.1 Å². The number of likely N-dealkylation sites (tertiary alicyclic amines) is 1. The highest BCUT2D eigenvalue weighted by Gasteiger charge is 2.38. The van der Waals surface area contributed by atoms with Crippen LogP contribution in [0, 0.1) is 0 Å². The molecule has 0 aromatic carbocycles. The average molecular weight is 457 g/mol. The number of aromatic nitrogens is 2. The molecule has 2 rings (SSSR count). The predicted molar refractivity (Wildman–Crippen MR) is 112 cm³/mol. The number of aliphatic carboxylic acids is 1. The minimum Gasteiger partial charge on any atom is -0.480 e. The Bertz CT molecular complexity index is 789. The molecule has 5 atom stereocenters. The number of carbonyl (C=O) groups excluding carboxylic acids is 3. The van der Waals surface area contributed by atoms with Gasteiger partial charge in [-0.1, -0.05) is 0 Å². The van der Waals surface area contributed by atoms with Gasteiger partial charge in [0.25, 0.3) is 0 Å². The molecule has 0 bridgehead atoms. The number of carbonyl (C=O) groups is 4. The van der Waals surface area contributed by atoms with E-state index in [2.05, 4.69) is 33.2 Å². The van der Waals surface area contributed by atoms with Crippen molar-refractivity contribution in [3.05, 3.63) is 18.2 Å². The summed E-state index contributed by atoms with van der Waals surface area (Å²) in [7, 11) is 0. The van der Waals surface area contributed by atoms with Crippen molar-refractivity contribution in [2.75, 3.05) is 12.3 Å². The third-order valence-electron chi connectivity index (χ3n) is 5.01. The van der Waals surface area contributed by atoms with Crippen LogP contribution in [0.25, 0.3) is 0 Å². The molecule has 1 aromatic heterocycles. The second-order valence-electron chi connectivity index (χ2n) is 7.39. The first-order valence-electron chi connectivity index (χ1n) is 9.81. The minimum absolute atomic E-state index is 0.000538. The van der Waals surface area contributed by atoms with E-state index in [1.165, 1.54) is 24.3 Å². The summed E-state index contributed by atoms with van der Waals surface area (Å²) >= 11 is 4.02. The second-order valence-corrected chi connectivity index (χ2v) is 7.75. The molecule has 1 aromatic rings. The monoisotopic (exact) mass is 456 g/mol. The van der Waals surface area contributed by atoms with Crippen LogP contribution in [0.2, 0.25) is 0 Å². The maximum Gasteiger partial charge on any atom is 0.328 e. The Hall–Kier alpha value is -2.64. The molecule has 0 spiro atoms. The van der Waals surface area contributed by atoms with Crippen LogP contribution in [-0.4, -0.2) is 91.3 Å². The van der Waals surface area contributed by atoms with Gasteiger partial charge in [0.1, 0.15) is 12.1 Å². The van der Waals surface area contributed by atoms with Crippen LogP contribution in [0.15, 0.2) is 12.5 Å². The lowest BCUT2D eigenvalue weighted by Crippen LogP contribution is -2.58. The van der Waals surface area contributed by atoms with Gasteiger partial charge >= 0.3 is 5.97 Å². The number of aromatic amines is 1. The highest BCUT2D eigenvalue weighted by molar-refractivity contribution is 7.80. The van der Waals surface area contributed by atoms with Gasteiger partial charge in [0, 0.05) is 30.6 Å². The molecular weight excluding hydrogens is 428 g/mol. The summed E-state index contributed by atoms with van der Waals surface area (Å²) in [6, 6.07) is -4.36. The summed E-state index contributed by atoms with van der Waals surface area (Å²) in [6.45, 7) is 1.59. The predicted octanol–water partition coefficient (Wildman–Crippen LogP) is -2.36. The van der Waals surface area contributed by atoms with Crippen LogP contribution in [0.5, 0.6) is 0 Å². The zero-order chi connectivity index (χ0) is 23.1. The van der Waals surface area contributed by atoms with Gasteiger partial charge in [-0.3, -0.25) is 14.4 Å². The molecule has 7 N–H and O–H groups in total. The fourth-order valence-electron chi connectivity index (χ4n) is 3.33. The maximum absolute atomic E-state index is 12.9. The summed E-state index contributed by atoms with van der Waals surface area (Å²) in [5.41, 5.74) is 6.28. The van der Waals surface area contributed by atoms with Crippen molar-refractivity contribution in [1.29, 1.82) is 0 Å².